The van der Waals surface area contributed by atoms with E-state index in [4.69, 9.17) is 0 Å². The molecule has 1 heterocycles. The first kappa shape index (κ1) is 18.9. The van der Waals surface area contributed by atoms with E-state index in [0.717, 1.165) is 23.4 Å². The van der Waals surface area contributed by atoms with Gasteiger partial charge in [-0.1, -0.05) is 25.5 Å². The molecule has 0 saturated heterocycles. The zero-order chi connectivity index (χ0) is 18.1. The minimum absolute atomic E-state index is 0.0785. The Morgan fingerprint density at radius 1 is 1.20 bits per heavy atom. The average molecular weight is 364 g/mol. The number of unbranched alkanes of at least 4 members (excludes halogenated alkanes) is 1. The molecule has 1 aromatic heterocycles. The summed E-state index contributed by atoms with van der Waals surface area (Å²) in [5, 5.41) is 5.29. The summed E-state index contributed by atoms with van der Waals surface area (Å²) in [5.41, 5.74) is 6.24. The highest BCUT2D eigenvalue weighted by molar-refractivity contribution is 7.09. The summed E-state index contributed by atoms with van der Waals surface area (Å²) in [7, 11) is 0. The fourth-order valence-electron chi connectivity index (χ4n) is 2.05. The zero-order valence-corrected chi connectivity index (χ0v) is 14.8. The van der Waals surface area contributed by atoms with E-state index < -0.39 is 6.03 Å². The molecule has 0 aliphatic heterocycles. The van der Waals surface area contributed by atoms with Crippen molar-refractivity contribution < 1.29 is 14.0 Å². The highest BCUT2D eigenvalue weighted by Gasteiger charge is 2.09. The van der Waals surface area contributed by atoms with E-state index in [2.05, 4.69) is 21.2 Å². The van der Waals surface area contributed by atoms with Gasteiger partial charge in [-0.15, -0.1) is 11.3 Å². The normalized spacial score (nSPS) is 10.3. The van der Waals surface area contributed by atoms with E-state index in [-0.39, 0.29) is 18.1 Å². The number of hydrogen-bond acceptors (Lipinski definition) is 4. The van der Waals surface area contributed by atoms with Crippen molar-refractivity contribution in [3.8, 4) is 0 Å². The van der Waals surface area contributed by atoms with E-state index in [0.29, 0.717) is 18.7 Å². The van der Waals surface area contributed by atoms with Gasteiger partial charge in [0.25, 0.3) is 0 Å². The maximum absolute atomic E-state index is 12.9. The van der Waals surface area contributed by atoms with Crippen LogP contribution >= 0.6 is 11.3 Å². The predicted octanol–water partition coefficient (Wildman–Crippen LogP) is 2.55. The van der Waals surface area contributed by atoms with Gasteiger partial charge in [-0.3, -0.25) is 10.2 Å². The van der Waals surface area contributed by atoms with Crippen LogP contribution in [0.2, 0.25) is 0 Å². The van der Waals surface area contributed by atoms with Gasteiger partial charge in [0.2, 0.25) is 5.91 Å². The molecule has 0 bridgehead atoms. The first-order chi connectivity index (χ1) is 12.1. The van der Waals surface area contributed by atoms with E-state index in [1.807, 2.05) is 6.92 Å². The van der Waals surface area contributed by atoms with Gasteiger partial charge in [0.1, 0.15) is 5.82 Å². The number of rotatable bonds is 7. The standard InChI is InChI=1S/C17H21FN4O2S/c1-2-3-8-19-17(24)22-21-15(23)10-14-11-25-16(20-14)9-12-4-6-13(18)7-5-12/h4-7,11H,2-3,8-10H2,1H3,(H,21,23)(H2,19,22,24). The van der Waals surface area contributed by atoms with Gasteiger partial charge in [-0.05, 0) is 24.1 Å². The molecule has 25 heavy (non-hydrogen) atoms. The van der Waals surface area contributed by atoms with Crippen molar-refractivity contribution in [3.05, 3.63) is 51.7 Å². The van der Waals surface area contributed by atoms with Gasteiger partial charge in [0.15, 0.2) is 0 Å². The Labute approximate surface area is 149 Å². The van der Waals surface area contributed by atoms with Crippen LogP contribution in [0.1, 0.15) is 36.0 Å². The van der Waals surface area contributed by atoms with Crippen molar-refractivity contribution in [3.63, 3.8) is 0 Å². The van der Waals surface area contributed by atoms with Crippen LogP contribution in [0.25, 0.3) is 0 Å². The second-order valence-corrected chi connectivity index (χ2v) is 6.44. The fraction of sp³-hybridized carbons (Fsp3) is 0.353. The lowest BCUT2D eigenvalue weighted by molar-refractivity contribution is -0.121. The molecular formula is C17H21FN4O2S. The maximum Gasteiger partial charge on any atom is 0.333 e. The summed E-state index contributed by atoms with van der Waals surface area (Å²) in [6.45, 7) is 2.59. The van der Waals surface area contributed by atoms with Crippen molar-refractivity contribution in [2.45, 2.75) is 32.6 Å². The Morgan fingerprint density at radius 2 is 1.96 bits per heavy atom. The molecule has 8 heteroatoms. The number of hydrogen-bond donors (Lipinski definition) is 3. The van der Waals surface area contributed by atoms with Crippen LogP contribution in [-0.2, 0) is 17.6 Å². The number of amides is 3. The smallest absolute Gasteiger partial charge is 0.333 e. The van der Waals surface area contributed by atoms with Crippen molar-refractivity contribution in [2.75, 3.05) is 6.54 Å². The summed E-state index contributed by atoms with van der Waals surface area (Å²) < 4.78 is 12.9. The van der Waals surface area contributed by atoms with Crippen LogP contribution in [0.15, 0.2) is 29.6 Å². The SMILES string of the molecule is CCCCNC(=O)NNC(=O)Cc1csc(Cc2ccc(F)cc2)n1. The van der Waals surface area contributed by atoms with Gasteiger partial charge < -0.3 is 5.32 Å². The Bertz CT molecular complexity index is 703. The predicted molar refractivity (Wildman–Crippen MR) is 94.6 cm³/mol. The second-order valence-electron chi connectivity index (χ2n) is 5.50. The summed E-state index contributed by atoms with van der Waals surface area (Å²) in [5.74, 6) is -0.615. The molecule has 3 amide bonds. The largest absolute Gasteiger partial charge is 0.337 e. The van der Waals surface area contributed by atoms with Crippen LogP contribution in [0.3, 0.4) is 0 Å². The van der Waals surface area contributed by atoms with Crippen LogP contribution in [-0.4, -0.2) is 23.5 Å². The fourth-order valence-corrected chi connectivity index (χ4v) is 2.87. The lowest BCUT2D eigenvalue weighted by atomic mass is 10.1. The van der Waals surface area contributed by atoms with Gasteiger partial charge in [0, 0.05) is 18.3 Å². The molecule has 0 radical (unpaired) electrons. The number of carbonyl (C=O) groups excluding carboxylic acids is 2. The Balaban J connectivity index is 1.75. The molecule has 2 rings (SSSR count). The molecule has 0 unspecified atom stereocenters. The van der Waals surface area contributed by atoms with Crippen molar-refractivity contribution in [1.82, 2.24) is 21.2 Å². The lowest BCUT2D eigenvalue weighted by Gasteiger charge is -2.07. The van der Waals surface area contributed by atoms with Gasteiger partial charge in [0.05, 0.1) is 17.1 Å². The molecule has 0 fully saturated rings. The summed E-state index contributed by atoms with van der Waals surface area (Å²) in [4.78, 5) is 27.6. The number of benzene rings is 1. The van der Waals surface area contributed by atoms with Gasteiger partial charge >= 0.3 is 6.03 Å². The van der Waals surface area contributed by atoms with E-state index >= 15 is 0 Å². The number of hydrazine groups is 1. The lowest BCUT2D eigenvalue weighted by Crippen LogP contribution is -2.47. The van der Waals surface area contributed by atoms with Crippen molar-refractivity contribution in [1.29, 1.82) is 0 Å². The van der Waals surface area contributed by atoms with Crippen molar-refractivity contribution in [2.24, 2.45) is 0 Å². The zero-order valence-electron chi connectivity index (χ0n) is 14.0. The van der Waals surface area contributed by atoms with Gasteiger partial charge in [-0.2, -0.15) is 0 Å². The van der Waals surface area contributed by atoms with Crippen LogP contribution < -0.4 is 16.2 Å². The highest BCUT2D eigenvalue weighted by atomic mass is 32.1. The number of aromatic nitrogens is 1. The minimum Gasteiger partial charge on any atom is -0.337 e. The monoisotopic (exact) mass is 364 g/mol. The number of carbonyl (C=O) groups is 2. The van der Waals surface area contributed by atoms with Crippen LogP contribution in [0.4, 0.5) is 9.18 Å². The molecule has 0 aliphatic carbocycles. The molecule has 6 nitrogen and oxygen atoms in total. The number of halogens is 1. The quantitative estimate of drug-likeness (QED) is 0.521. The summed E-state index contributed by atoms with van der Waals surface area (Å²) in [6.07, 6.45) is 2.54. The minimum atomic E-state index is -0.433. The number of nitrogens with zero attached hydrogens (tertiary/aromatic N) is 1. The molecule has 0 spiro atoms. The second kappa shape index (κ2) is 9.73. The third-order valence-electron chi connectivity index (χ3n) is 3.34. The summed E-state index contributed by atoms with van der Waals surface area (Å²) in [6, 6.07) is 5.81. The number of urea groups is 1. The molecule has 0 atom stereocenters. The molecule has 2 aromatic rings. The van der Waals surface area contributed by atoms with Crippen LogP contribution in [0, 0.1) is 5.82 Å². The topological polar surface area (TPSA) is 83.1 Å². The van der Waals surface area contributed by atoms with E-state index in [1.54, 1.807) is 17.5 Å². The first-order valence-electron chi connectivity index (χ1n) is 8.07. The Morgan fingerprint density at radius 3 is 2.68 bits per heavy atom. The Hall–Kier alpha value is -2.48. The average Bonchev–Trinajstić information content (AvgIpc) is 3.02. The molecule has 0 aliphatic rings. The summed E-state index contributed by atoms with van der Waals surface area (Å²) >= 11 is 1.44. The van der Waals surface area contributed by atoms with Gasteiger partial charge in [-0.25, -0.2) is 19.6 Å². The first-order valence-corrected chi connectivity index (χ1v) is 8.95. The van der Waals surface area contributed by atoms with Crippen LogP contribution in [0.5, 0.6) is 0 Å². The third-order valence-corrected chi connectivity index (χ3v) is 4.24. The Kier molecular flexibility index (Phi) is 7.34. The molecule has 0 saturated carbocycles. The third kappa shape index (κ3) is 6.88. The molecule has 134 valence electrons. The van der Waals surface area contributed by atoms with E-state index in [1.165, 1.54) is 23.5 Å². The number of thiazole rings is 1. The highest BCUT2D eigenvalue weighted by Crippen LogP contribution is 2.15. The van der Waals surface area contributed by atoms with E-state index in [9.17, 15) is 14.0 Å². The van der Waals surface area contributed by atoms with Crippen molar-refractivity contribution >= 4 is 23.3 Å². The molecule has 3 N–H and O–H groups in total. The maximum atomic E-state index is 12.9. The number of nitrogens with one attached hydrogen (secondary N) is 3. The molecule has 1 aromatic carbocycles. The molecular weight excluding hydrogens is 343 g/mol.